The fourth-order valence-electron chi connectivity index (χ4n) is 1.13. The van der Waals surface area contributed by atoms with Gasteiger partial charge in [-0.3, -0.25) is 4.72 Å². The lowest BCUT2D eigenvalue weighted by atomic mass is 10.4. The summed E-state index contributed by atoms with van der Waals surface area (Å²) in [5, 5.41) is 0. The molecule has 5 nitrogen and oxygen atoms in total. The van der Waals surface area contributed by atoms with Crippen LogP contribution in [0.1, 0.15) is 12.8 Å². The minimum atomic E-state index is -3.44. The monoisotopic (exact) mass is 246 g/mol. The molecule has 16 heavy (non-hydrogen) atoms. The van der Waals surface area contributed by atoms with Gasteiger partial charge < -0.3 is 4.74 Å². The van der Waals surface area contributed by atoms with Crippen LogP contribution in [-0.2, 0) is 10.0 Å². The molecule has 2 rings (SSSR count). The molecule has 0 aliphatic heterocycles. The normalized spacial score (nSPS) is 15.9. The van der Waals surface area contributed by atoms with Crippen molar-refractivity contribution in [2.24, 2.45) is 0 Å². The van der Waals surface area contributed by atoms with Crippen LogP contribution >= 0.6 is 0 Å². The Hall–Kier alpha value is -1.37. The molecule has 1 aromatic rings. The van der Waals surface area contributed by atoms with Gasteiger partial charge in [-0.05, 0) is 12.8 Å². The van der Waals surface area contributed by atoms with Gasteiger partial charge in [0.25, 0.3) is 0 Å². The van der Waals surface area contributed by atoms with E-state index in [4.69, 9.17) is 4.74 Å². The van der Waals surface area contributed by atoms with Crippen molar-refractivity contribution in [3.63, 3.8) is 0 Å². The van der Waals surface area contributed by atoms with E-state index in [1.807, 2.05) is 0 Å². The SMILES string of the molecule is CS(=O)(=O)Nc1ncc(F)cc1OC1CC1. The predicted octanol–water partition coefficient (Wildman–Crippen LogP) is 1.13. The van der Waals surface area contributed by atoms with Crippen LogP contribution in [0.15, 0.2) is 12.3 Å². The second kappa shape index (κ2) is 3.89. The lowest BCUT2D eigenvalue weighted by molar-refractivity contribution is 0.302. The van der Waals surface area contributed by atoms with Crippen LogP contribution in [0.5, 0.6) is 5.75 Å². The van der Waals surface area contributed by atoms with Crippen molar-refractivity contribution in [1.82, 2.24) is 4.98 Å². The number of nitrogens with zero attached hydrogens (tertiary/aromatic N) is 1. The third-order valence-electron chi connectivity index (χ3n) is 1.92. The highest BCUT2D eigenvalue weighted by Crippen LogP contribution is 2.31. The summed E-state index contributed by atoms with van der Waals surface area (Å²) in [4.78, 5) is 3.65. The first-order valence-electron chi connectivity index (χ1n) is 4.74. The second-order valence-corrected chi connectivity index (χ2v) is 5.44. The van der Waals surface area contributed by atoms with Crippen molar-refractivity contribution in [3.05, 3.63) is 18.1 Å². The van der Waals surface area contributed by atoms with Crippen LogP contribution < -0.4 is 9.46 Å². The van der Waals surface area contributed by atoms with E-state index >= 15 is 0 Å². The fourth-order valence-corrected chi connectivity index (χ4v) is 1.63. The van der Waals surface area contributed by atoms with Crippen LogP contribution in [-0.4, -0.2) is 25.8 Å². The number of hydrogen-bond donors (Lipinski definition) is 1. The number of halogens is 1. The van der Waals surface area contributed by atoms with Crippen LogP contribution in [0, 0.1) is 5.82 Å². The number of nitrogens with one attached hydrogen (secondary N) is 1. The Labute approximate surface area is 92.7 Å². The third kappa shape index (κ3) is 3.06. The summed E-state index contributed by atoms with van der Waals surface area (Å²) in [6, 6.07) is 1.12. The van der Waals surface area contributed by atoms with Gasteiger partial charge in [0, 0.05) is 6.07 Å². The standard InChI is InChI=1S/C9H11FN2O3S/c1-16(13,14)12-9-8(15-7-2-3-7)4-6(10)5-11-9/h4-5,7H,2-3H2,1H3,(H,11,12). The van der Waals surface area contributed by atoms with Crippen molar-refractivity contribution in [1.29, 1.82) is 0 Å². The minimum Gasteiger partial charge on any atom is -0.486 e. The quantitative estimate of drug-likeness (QED) is 0.864. The van der Waals surface area contributed by atoms with Gasteiger partial charge in [0.2, 0.25) is 10.0 Å². The maximum Gasteiger partial charge on any atom is 0.231 e. The van der Waals surface area contributed by atoms with Gasteiger partial charge in [0.05, 0.1) is 18.6 Å². The maximum absolute atomic E-state index is 12.9. The van der Waals surface area contributed by atoms with E-state index in [1.54, 1.807) is 0 Å². The summed E-state index contributed by atoms with van der Waals surface area (Å²) in [6.07, 6.45) is 3.78. The summed E-state index contributed by atoms with van der Waals surface area (Å²) in [5.41, 5.74) is 0. The van der Waals surface area contributed by atoms with E-state index in [0.29, 0.717) is 0 Å². The van der Waals surface area contributed by atoms with Gasteiger partial charge in [0.1, 0.15) is 5.82 Å². The zero-order valence-electron chi connectivity index (χ0n) is 8.60. The molecule has 0 aromatic carbocycles. The van der Waals surface area contributed by atoms with Gasteiger partial charge in [-0.15, -0.1) is 0 Å². The molecule has 0 unspecified atom stereocenters. The van der Waals surface area contributed by atoms with Gasteiger partial charge in [-0.25, -0.2) is 17.8 Å². The number of aromatic nitrogens is 1. The van der Waals surface area contributed by atoms with Gasteiger partial charge in [0.15, 0.2) is 11.6 Å². The summed E-state index contributed by atoms with van der Waals surface area (Å²) < 4.78 is 42.5. The maximum atomic E-state index is 12.9. The molecule has 88 valence electrons. The molecule has 0 amide bonds. The molecule has 1 N–H and O–H groups in total. The molecular weight excluding hydrogens is 235 g/mol. The van der Waals surface area contributed by atoms with E-state index in [-0.39, 0.29) is 17.7 Å². The molecule has 0 saturated heterocycles. The predicted molar refractivity (Wildman–Crippen MR) is 56.3 cm³/mol. The highest BCUT2D eigenvalue weighted by atomic mass is 32.2. The zero-order chi connectivity index (χ0) is 11.8. The van der Waals surface area contributed by atoms with Crippen molar-refractivity contribution in [3.8, 4) is 5.75 Å². The van der Waals surface area contributed by atoms with Gasteiger partial charge >= 0.3 is 0 Å². The van der Waals surface area contributed by atoms with Gasteiger partial charge in [-0.1, -0.05) is 0 Å². The smallest absolute Gasteiger partial charge is 0.231 e. The molecule has 0 spiro atoms. The topological polar surface area (TPSA) is 68.3 Å². The molecule has 1 saturated carbocycles. The Bertz CT molecular complexity index is 499. The molecule has 1 aliphatic carbocycles. The number of ether oxygens (including phenoxy) is 1. The number of pyridine rings is 1. The molecule has 0 bridgehead atoms. The van der Waals surface area contributed by atoms with E-state index in [1.165, 1.54) is 0 Å². The van der Waals surface area contributed by atoms with E-state index < -0.39 is 15.8 Å². The molecular formula is C9H11FN2O3S. The first-order valence-corrected chi connectivity index (χ1v) is 6.63. The van der Waals surface area contributed by atoms with Crippen molar-refractivity contribution >= 4 is 15.8 Å². The lowest BCUT2D eigenvalue weighted by Crippen LogP contribution is -2.13. The van der Waals surface area contributed by atoms with Crippen LogP contribution in [0.2, 0.25) is 0 Å². The number of anilines is 1. The summed E-state index contributed by atoms with van der Waals surface area (Å²) in [6.45, 7) is 0. The fraction of sp³-hybridized carbons (Fsp3) is 0.444. The molecule has 0 radical (unpaired) electrons. The molecule has 1 heterocycles. The van der Waals surface area contributed by atoms with Crippen LogP contribution in [0.3, 0.4) is 0 Å². The second-order valence-electron chi connectivity index (χ2n) is 3.69. The Morgan fingerprint density at radius 2 is 2.25 bits per heavy atom. The summed E-state index contributed by atoms with van der Waals surface area (Å²) >= 11 is 0. The first-order chi connectivity index (χ1) is 7.44. The molecule has 1 aliphatic rings. The molecule has 1 aromatic heterocycles. The number of sulfonamides is 1. The third-order valence-corrected chi connectivity index (χ3v) is 2.48. The highest BCUT2D eigenvalue weighted by molar-refractivity contribution is 7.92. The molecule has 0 atom stereocenters. The van der Waals surface area contributed by atoms with E-state index in [2.05, 4.69) is 9.71 Å². The van der Waals surface area contributed by atoms with Gasteiger partial charge in [-0.2, -0.15) is 0 Å². The summed E-state index contributed by atoms with van der Waals surface area (Å²) in [5.74, 6) is -0.404. The lowest BCUT2D eigenvalue weighted by Gasteiger charge is -2.10. The Kier molecular flexibility index (Phi) is 2.71. The number of hydrogen-bond acceptors (Lipinski definition) is 4. The van der Waals surface area contributed by atoms with Crippen molar-refractivity contribution in [2.45, 2.75) is 18.9 Å². The first kappa shape index (κ1) is 11.1. The average Bonchev–Trinajstić information content (AvgIpc) is 2.91. The zero-order valence-corrected chi connectivity index (χ0v) is 9.42. The van der Waals surface area contributed by atoms with E-state index in [0.717, 1.165) is 31.4 Å². The Morgan fingerprint density at radius 1 is 1.56 bits per heavy atom. The van der Waals surface area contributed by atoms with Crippen LogP contribution in [0.25, 0.3) is 0 Å². The molecule has 1 fully saturated rings. The molecule has 7 heteroatoms. The van der Waals surface area contributed by atoms with Crippen molar-refractivity contribution in [2.75, 3.05) is 11.0 Å². The average molecular weight is 246 g/mol. The largest absolute Gasteiger partial charge is 0.486 e. The van der Waals surface area contributed by atoms with E-state index in [9.17, 15) is 12.8 Å². The Balaban J connectivity index is 2.27. The minimum absolute atomic E-state index is 0.0239. The number of rotatable bonds is 4. The summed E-state index contributed by atoms with van der Waals surface area (Å²) in [7, 11) is -3.44. The highest BCUT2D eigenvalue weighted by Gasteiger charge is 2.25. The Morgan fingerprint density at radius 3 is 2.81 bits per heavy atom. The van der Waals surface area contributed by atoms with Crippen molar-refractivity contribution < 1.29 is 17.5 Å². The van der Waals surface area contributed by atoms with Crippen LogP contribution in [0.4, 0.5) is 10.2 Å².